The van der Waals surface area contributed by atoms with E-state index in [0.717, 1.165) is 6.07 Å². The quantitative estimate of drug-likeness (QED) is 0.824. The fourth-order valence-corrected chi connectivity index (χ4v) is 2.90. The van der Waals surface area contributed by atoms with Gasteiger partial charge < -0.3 is 19.7 Å². The molecule has 9 heteroatoms. The van der Waals surface area contributed by atoms with Crippen LogP contribution in [-0.2, 0) is 4.74 Å². The van der Waals surface area contributed by atoms with Gasteiger partial charge in [0, 0.05) is 24.7 Å². The molecule has 146 valence electrons. The number of alkyl halides is 2. The van der Waals surface area contributed by atoms with Gasteiger partial charge in [-0.25, -0.2) is 13.2 Å². The van der Waals surface area contributed by atoms with Gasteiger partial charge in [-0.1, -0.05) is 18.2 Å². The molecule has 0 radical (unpaired) electrons. The first-order valence-corrected chi connectivity index (χ1v) is 8.58. The molecule has 6 nitrogen and oxygen atoms in total. The van der Waals surface area contributed by atoms with Crippen LogP contribution in [-0.4, -0.2) is 43.4 Å². The topological polar surface area (TPSA) is 59.5 Å². The van der Waals surface area contributed by atoms with E-state index in [1.165, 1.54) is 19.2 Å². The highest BCUT2D eigenvalue weighted by Gasteiger charge is 2.21. The Balaban J connectivity index is 1.85. The molecule has 3 rings (SSSR count). The van der Waals surface area contributed by atoms with Crippen LogP contribution in [0.4, 0.5) is 24.8 Å². The average molecular weight is 382 g/mol. The van der Waals surface area contributed by atoms with Crippen molar-refractivity contribution in [1.82, 2.24) is 9.97 Å². The molecular weight excluding hydrogens is 361 g/mol. The summed E-state index contributed by atoms with van der Waals surface area (Å²) in [6.45, 7) is 4.23. The normalized spacial score (nSPS) is 15.7. The predicted molar refractivity (Wildman–Crippen MR) is 95.0 cm³/mol. The summed E-state index contributed by atoms with van der Waals surface area (Å²) in [6, 6.07) is 5.27. The molecule has 0 bridgehead atoms. The van der Waals surface area contributed by atoms with Crippen molar-refractivity contribution in [1.29, 1.82) is 0 Å². The lowest BCUT2D eigenvalue weighted by Crippen LogP contribution is -2.36. The highest BCUT2D eigenvalue weighted by atomic mass is 19.3. The van der Waals surface area contributed by atoms with E-state index in [9.17, 15) is 13.2 Å². The maximum absolute atomic E-state index is 14.4. The number of nitrogens with zero attached hydrogens (tertiary/aromatic N) is 3. The maximum atomic E-state index is 14.4. The van der Waals surface area contributed by atoms with E-state index < -0.39 is 23.8 Å². The molecule has 1 aliphatic heterocycles. The van der Waals surface area contributed by atoms with Crippen LogP contribution in [0.2, 0.25) is 0 Å². The first-order chi connectivity index (χ1) is 13.0. The number of ether oxygens (including phenoxy) is 2. The summed E-state index contributed by atoms with van der Waals surface area (Å²) in [5, 5.41) is 3.05. The van der Waals surface area contributed by atoms with E-state index in [-0.39, 0.29) is 11.6 Å². The van der Waals surface area contributed by atoms with E-state index >= 15 is 0 Å². The molecule has 2 aromatic rings. The molecule has 27 heavy (non-hydrogen) atoms. The highest BCUT2D eigenvalue weighted by molar-refractivity contribution is 5.51. The Morgan fingerprint density at radius 3 is 2.56 bits per heavy atom. The first kappa shape index (κ1) is 19.2. The number of halogens is 3. The second-order valence-corrected chi connectivity index (χ2v) is 6.11. The van der Waals surface area contributed by atoms with E-state index in [0.29, 0.717) is 37.9 Å². The molecule has 1 aliphatic rings. The lowest BCUT2D eigenvalue weighted by atomic mass is 10.0. The summed E-state index contributed by atoms with van der Waals surface area (Å²) in [5.74, 6) is 0.154. The molecule has 1 aromatic heterocycles. The van der Waals surface area contributed by atoms with Crippen LogP contribution >= 0.6 is 0 Å². The van der Waals surface area contributed by atoms with Crippen molar-refractivity contribution in [2.24, 2.45) is 0 Å². The highest BCUT2D eigenvalue weighted by Crippen LogP contribution is 2.29. The van der Waals surface area contributed by atoms with Crippen LogP contribution in [0.25, 0.3) is 0 Å². The maximum Gasteiger partial charge on any atom is 0.320 e. The third kappa shape index (κ3) is 4.41. The van der Waals surface area contributed by atoms with Gasteiger partial charge in [0.1, 0.15) is 17.5 Å². The summed E-state index contributed by atoms with van der Waals surface area (Å²) in [5.41, 5.74) is -0.478. The van der Waals surface area contributed by atoms with E-state index in [1.54, 1.807) is 13.0 Å². The minimum absolute atomic E-state index is 0.137. The number of hydrogen-bond donors (Lipinski definition) is 1. The molecule has 2 heterocycles. The fraction of sp³-hybridized carbons (Fsp3) is 0.444. The number of aromatic nitrogens is 2. The zero-order valence-corrected chi connectivity index (χ0v) is 15.1. The molecule has 0 spiro atoms. The Morgan fingerprint density at radius 2 is 1.89 bits per heavy atom. The molecule has 1 aromatic carbocycles. The molecule has 0 amide bonds. The number of hydrogen-bond acceptors (Lipinski definition) is 6. The Kier molecular flexibility index (Phi) is 6.00. The van der Waals surface area contributed by atoms with Crippen LogP contribution in [0.3, 0.4) is 0 Å². The lowest BCUT2D eigenvalue weighted by Gasteiger charge is -2.28. The van der Waals surface area contributed by atoms with Gasteiger partial charge in [0.15, 0.2) is 0 Å². The smallest absolute Gasteiger partial charge is 0.320 e. The van der Waals surface area contributed by atoms with Crippen molar-refractivity contribution < 1.29 is 22.6 Å². The summed E-state index contributed by atoms with van der Waals surface area (Å²) in [6.07, 6.45) is -2.87. The number of anilines is 2. The number of benzene rings is 1. The molecule has 0 unspecified atom stereocenters. The number of methoxy groups -OCH3 is 1. The minimum atomic E-state index is -2.87. The Bertz CT molecular complexity index is 785. The molecular formula is C18H21F3N4O2. The van der Waals surface area contributed by atoms with Crippen molar-refractivity contribution in [2.75, 3.05) is 43.6 Å². The van der Waals surface area contributed by atoms with Crippen LogP contribution in [0, 0.1) is 5.82 Å². The van der Waals surface area contributed by atoms with Gasteiger partial charge >= 0.3 is 6.01 Å². The molecule has 1 N–H and O–H groups in total. The molecule has 0 saturated carbocycles. The van der Waals surface area contributed by atoms with Crippen molar-refractivity contribution in [3.8, 4) is 6.01 Å². The van der Waals surface area contributed by atoms with Crippen LogP contribution in [0.5, 0.6) is 6.01 Å². The summed E-state index contributed by atoms with van der Waals surface area (Å²) < 4.78 is 50.8. The van der Waals surface area contributed by atoms with Crippen molar-refractivity contribution >= 4 is 11.6 Å². The molecule has 1 fully saturated rings. The zero-order chi connectivity index (χ0) is 19.4. The number of nitrogens with one attached hydrogen (secondary N) is 1. The van der Waals surface area contributed by atoms with Crippen LogP contribution < -0.4 is 15.0 Å². The third-order valence-electron chi connectivity index (χ3n) is 4.33. The minimum Gasteiger partial charge on any atom is -0.467 e. The zero-order valence-electron chi connectivity index (χ0n) is 15.1. The Labute approximate surface area is 155 Å². The van der Waals surface area contributed by atoms with Crippen molar-refractivity contribution in [3.63, 3.8) is 0 Å². The van der Waals surface area contributed by atoms with Crippen LogP contribution in [0.15, 0.2) is 24.3 Å². The number of rotatable bonds is 6. The van der Waals surface area contributed by atoms with Crippen molar-refractivity contribution in [3.05, 3.63) is 41.2 Å². The number of morpholine rings is 1. The predicted octanol–water partition coefficient (Wildman–Crippen LogP) is 3.57. The van der Waals surface area contributed by atoms with E-state index in [4.69, 9.17) is 9.47 Å². The lowest BCUT2D eigenvalue weighted by molar-refractivity contribution is 0.122. The third-order valence-corrected chi connectivity index (χ3v) is 4.33. The second kappa shape index (κ2) is 8.43. The molecule has 1 atom stereocenters. The standard InChI is InChI=1S/C18H21F3N4O2/c1-11(12-4-3-5-13(16(12)19)17(20)21)22-14-10-15(24-18(23-14)26-2)25-6-8-27-9-7-25/h3-5,10-11,17H,6-9H2,1-2H3,(H,22,23,24)/t11-/m1/s1. The molecule has 0 aliphatic carbocycles. The van der Waals surface area contributed by atoms with Crippen LogP contribution in [0.1, 0.15) is 30.5 Å². The van der Waals surface area contributed by atoms with Gasteiger partial charge in [0.05, 0.1) is 31.9 Å². The second-order valence-electron chi connectivity index (χ2n) is 6.11. The van der Waals surface area contributed by atoms with Gasteiger partial charge in [0.25, 0.3) is 6.43 Å². The first-order valence-electron chi connectivity index (χ1n) is 8.58. The fourth-order valence-electron chi connectivity index (χ4n) is 2.90. The SMILES string of the molecule is COc1nc(N[C@H](C)c2cccc(C(F)F)c2F)cc(N2CCOCC2)n1. The largest absolute Gasteiger partial charge is 0.467 e. The van der Waals surface area contributed by atoms with Crippen molar-refractivity contribution in [2.45, 2.75) is 19.4 Å². The summed E-state index contributed by atoms with van der Waals surface area (Å²) >= 11 is 0. The monoisotopic (exact) mass is 382 g/mol. The van der Waals surface area contributed by atoms with Gasteiger partial charge in [-0.05, 0) is 6.92 Å². The van der Waals surface area contributed by atoms with E-state index in [2.05, 4.69) is 15.3 Å². The van der Waals surface area contributed by atoms with Gasteiger partial charge in [-0.3, -0.25) is 0 Å². The van der Waals surface area contributed by atoms with Gasteiger partial charge in [0.2, 0.25) is 0 Å². The Morgan fingerprint density at radius 1 is 1.19 bits per heavy atom. The summed E-state index contributed by atoms with van der Waals surface area (Å²) in [7, 11) is 1.46. The van der Waals surface area contributed by atoms with Gasteiger partial charge in [-0.2, -0.15) is 9.97 Å². The Hall–Kier alpha value is -2.55. The van der Waals surface area contributed by atoms with Gasteiger partial charge in [-0.15, -0.1) is 0 Å². The summed E-state index contributed by atoms with van der Waals surface area (Å²) in [4.78, 5) is 10.6. The van der Waals surface area contributed by atoms with E-state index in [1.807, 2.05) is 4.90 Å². The molecule has 1 saturated heterocycles. The average Bonchev–Trinajstić information content (AvgIpc) is 2.68.